The predicted octanol–water partition coefficient (Wildman–Crippen LogP) is 4.70. The number of benzene rings is 2. The van der Waals surface area contributed by atoms with Crippen LogP contribution in [-0.4, -0.2) is 23.0 Å². The van der Waals surface area contributed by atoms with E-state index in [2.05, 4.69) is 10.3 Å². The van der Waals surface area contributed by atoms with Crippen LogP contribution in [0.2, 0.25) is 5.02 Å². The SMILES string of the molecule is C[C@@H](OC(=O)c1c2c(nc3ccccc13)CCC2)C(=O)Nc1ccc(F)cc1Cl. The first-order chi connectivity index (χ1) is 13.9. The smallest absolute Gasteiger partial charge is 0.339 e. The fourth-order valence-electron chi connectivity index (χ4n) is 3.54. The van der Waals surface area contributed by atoms with Gasteiger partial charge in [0.2, 0.25) is 0 Å². The standard InChI is InChI=1S/C22H18ClFN2O3/c1-12(21(27)26-19-10-9-13(24)11-16(19)23)29-22(28)20-14-5-2-3-7-17(14)25-18-8-4-6-15(18)20/h2-3,5,7,9-12H,4,6,8H2,1H3,(H,26,27)/t12-/m1/s1. The molecule has 2 aromatic carbocycles. The number of hydrogen-bond donors (Lipinski definition) is 1. The van der Waals surface area contributed by atoms with Gasteiger partial charge in [-0.25, -0.2) is 9.18 Å². The van der Waals surface area contributed by atoms with E-state index in [4.69, 9.17) is 16.3 Å². The number of fused-ring (bicyclic) bond motifs is 2. The van der Waals surface area contributed by atoms with Crippen molar-refractivity contribution in [2.24, 2.45) is 0 Å². The van der Waals surface area contributed by atoms with Crippen LogP contribution in [0.15, 0.2) is 42.5 Å². The molecule has 1 aromatic heterocycles. The molecule has 1 aliphatic rings. The number of halogens is 2. The zero-order chi connectivity index (χ0) is 20.5. The summed E-state index contributed by atoms with van der Waals surface area (Å²) < 4.78 is 18.6. The predicted molar refractivity (Wildman–Crippen MR) is 109 cm³/mol. The minimum atomic E-state index is -1.06. The molecule has 4 rings (SSSR count). The van der Waals surface area contributed by atoms with Crippen molar-refractivity contribution in [3.05, 3.63) is 70.1 Å². The Morgan fingerprint density at radius 1 is 1.21 bits per heavy atom. The Bertz CT molecular complexity index is 1130. The Morgan fingerprint density at radius 3 is 2.79 bits per heavy atom. The quantitative estimate of drug-likeness (QED) is 0.630. The molecule has 0 unspecified atom stereocenters. The molecular formula is C22H18ClFN2O3. The summed E-state index contributed by atoms with van der Waals surface area (Å²) in [7, 11) is 0. The highest BCUT2D eigenvalue weighted by atomic mass is 35.5. The van der Waals surface area contributed by atoms with E-state index in [9.17, 15) is 14.0 Å². The number of ether oxygens (including phenoxy) is 1. The number of carbonyl (C=O) groups is 2. The number of nitrogens with zero attached hydrogens (tertiary/aromatic N) is 1. The molecule has 0 saturated heterocycles. The third-order valence-electron chi connectivity index (χ3n) is 4.97. The van der Waals surface area contributed by atoms with Crippen LogP contribution in [0.3, 0.4) is 0 Å². The summed E-state index contributed by atoms with van der Waals surface area (Å²) in [6.07, 6.45) is 1.44. The van der Waals surface area contributed by atoms with Crippen molar-refractivity contribution in [3.63, 3.8) is 0 Å². The first-order valence-corrected chi connectivity index (χ1v) is 9.69. The Balaban J connectivity index is 1.57. The first-order valence-electron chi connectivity index (χ1n) is 9.31. The first kappa shape index (κ1) is 19.3. The summed E-state index contributed by atoms with van der Waals surface area (Å²) in [4.78, 5) is 30.1. The van der Waals surface area contributed by atoms with Gasteiger partial charge in [-0.3, -0.25) is 9.78 Å². The second-order valence-corrected chi connectivity index (χ2v) is 7.35. The summed E-state index contributed by atoms with van der Waals surface area (Å²) in [6, 6.07) is 11.0. The minimum absolute atomic E-state index is 0.0647. The molecule has 0 spiro atoms. The molecule has 1 aliphatic carbocycles. The van der Waals surface area contributed by atoms with Crippen LogP contribution >= 0.6 is 11.6 Å². The average molecular weight is 413 g/mol. The second-order valence-electron chi connectivity index (χ2n) is 6.94. The summed E-state index contributed by atoms with van der Waals surface area (Å²) in [5.41, 5.74) is 3.25. The molecule has 5 nitrogen and oxygen atoms in total. The number of para-hydroxylation sites is 1. The molecule has 0 radical (unpaired) electrons. The van der Waals surface area contributed by atoms with E-state index in [1.54, 1.807) is 0 Å². The van der Waals surface area contributed by atoms with Crippen molar-refractivity contribution in [1.29, 1.82) is 0 Å². The lowest BCUT2D eigenvalue weighted by Crippen LogP contribution is -2.30. The summed E-state index contributed by atoms with van der Waals surface area (Å²) >= 11 is 5.94. The normalized spacial score (nSPS) is 13.8. The topological polar surface area (TPSA) is 68.3 Å². The van der Waals surface area contributed by atoms with Crippen molar-refractivity contribution in [3.8, 4) is 0 Å². The molecule has 7 heteroatoms. The number of rotatable bonds is 4. The Kier molecular flexibility index (Phi) is 5.20. The van der Waals surface area contributed by atoms with Crippen LogP contribution in [0.25, 0.3) is 10.9 Å². The molecular weight excluding hydrogens is 395 g/mol. The highest BCUT2D eigenvalue weighted by Crippen LogP contribution is 2.31. The Labute approximate surface area is 171 Å². The van der Waals surface area contributed by atoms with E-state index < -0.39 is 23.8 Å². The number of amides is 1. The van der Waals surface area contributed by atoms with Crippen molar-refractivity contribution in [2.75, 3.05) is 5.32 Å². The summed E-state index contributed by atoms with van der Waals surface area (Å²) in [5.74, 6) is -1.62. The average Bonchev–Trinajstić information content (AvgIpc) is 3.15. The molecule has 1 amide bonds. The lowest BCUT2D eigenvalue weighted by atomic mass is 10.0. The van der Waals surface area contributed by atoms with E-state index in [0.717, 1.165) is 42.1 Å². The number of nitrogens with one attached hydrogen (secondary N) is 1. The van der Waals surface area contributed by atoms with Crippen LogP contribution in [0.5, 0.6) is 0 Å². The lowest BCUT2D eigenvalue weighted by Gasteiger charge is -2.16. The monoisotopic (exact) mass is 412 g/mol. The van der Waals surface area contributed by atoms with Gasteiger partial charge in [-0.2, -0.15) is 0 Å². The van der Waals surface area contributed by atoms with Crippen molar-refractivity contribution in [2.45, 2.75) is 32.3 Å². The Hall–Kier alpha value is -2.99. The van der Waals surface area contributed by atoms with Crippen LogP contribution in [0.4, 0.5) is 10.1 Å². The van der Waals surface area contributed by atoms with E-state index in [1.807, 2.05) is 24.3 Å². The molecule has 1 N–H and O–H groups in total. The van der Waals surface area contributed by atoms with E-state index in [1.165, 1.54) is 19.1 Å². The van der Waals surface area contributed by atoms with Gasteiger partial charge in [-0.1, -0.05) is 29.8 Å². The van der Waals surface area contributed by atoms with Gasteiger partial charge in [0.15, 0.2) is 6.10 Å². The second kappa shape index (κ2) is 7.79. The lowest BCUT2D eigenvalue weighted by molar-refractivity contribution is -0.123. The summed E-state index contributed by atoms with van der Waals surface area (Å²) in [6.45, 7) is 1.48. The number of aryl methyl sites for hydroxylation is 1. The molecule has 29 heavy (non-hydrogen) atoms. The van der Waals surface area contributed by atoms with Gasteiger partial charge in [-0.05, 0) is 56.0 Å². The van der Waals surface area contributed by atoms with Gasteiger partial charge in [-0.15, -0.1) is 0 Å². The summed E-state index contributed by atoms with van der Waals surface area (Å²) in [5, 5.41) is 3.34. The van der Waals surface area contributed by atoms with E-state index in [-0.39, 0.29) is 10.7 Å². The number of carbonyl (C=O) groups excluding carboxylic acids is 2. The van der Waals surface area contributed by atoms with Gasteiger partial charge in [0, 0.05) is 11.1 Å². The van der Waals surface area contributed by atoms with Crippen LogP contribution in [-0.2, 0) is 22.4 Å². The minimum Gasteiger partial charge on any atom is -0.449 e. The maximum Gasteiger partial charge on any atom is 0.339 e. The van der Waals surface area contributed by atoms with Crippen LogP contribution < -0.4 is 5.32 Å². The van der Waals surface area contributed by atoms with Gasteiger partial charge in [0.1, 0.15) is 5.82 Å². The zero-order valence-electron chi connectivity index (χ0n) is 15.7. The molecule has 0 fully saturated rings. The molecule has 0 aliphatic heterocycles. The fraction of sp³-hybridized carbons (Fsp3) is 0.227. The van der Waals surface area contributed by atoms with Crippen LogP contribution in [0.1, 0.15) is 35.0 Å². The molecule has 3 aromatic rings. The number of hydrogen-bond acceptors (Lipinski definition) is 4. The van der Waals surface area contributed by atoms with Crippen molar-refractivity contribution < 1.29 is 18.7 Å². The number of aromatic nitrogens is 1. The maximum atomic E-state index is 13.2. The largest absolute Gasteiger partial charge is 0.449 e. The number of esters is 1. The highest BCUT2D eigenvalue weighted by Gasteiger charge is 2.27. The van der Waals surface area contributed by atoms with E-state index in [0.29, 0.717) is 10.9 Å². The van der Waals surface area contributed by atoms with Gasteiger partial charge in [0.25, 0.3) is 5.91 Å². The van der Waals surface area contributed by atoms with Crippen molar-refractivity contribution in [1.82, 2.24) is 4.98 Å². The number of anilines is 1. The van der Waals surface area contributed by atoms with Crippen molar-refractivity contribution >= 4 is 40.1 Å². The third-order valence-corrected chi connectivity index (χ3v) is 5.28. The van der Waals surface area contributed by atoms with Gasteiger partial charge in [0.05, 0.1) is 21.8 Å². The molecule has 1 heterocycles. The molecule has 0 saturated carbocycles. The van der Waals surface area contributed by atoms with Gasteiger partial charge >= 0.3 is 5.97 Å². The molecule has 0 bridgehead atoms. The van der Waals surface area contributed by atoms with Gasteiger partial charge < -0.3 is 10.1 Å². The maximum absolute atomic E-state index is 13.2. The fourth-order valence-corrected chi connectivity index (χ4v) is 3.76. The molecule has 148 valence electrons. The third kappa shape index (κ3) is 3.80. The molecule has 1 atom stereocenters. The van der Waals surface area contributed by atoms with E-state index >= 15 is 0 Å². The Morgan fingerprint density at radius 2 is 2.00 bits per heavy atom. The zero-order valence-corrected chi connectivity index (χ0v) is 16.4. The highest BCUT2D eigenvalue weighted by molar-refractivity contribution is 6.33. The number of pyridine rings is 1. The van der Waals surface area contributed by atoms with Crippen LogP contribution in [0, 0.1) is 5.82 Å².